The van der Waals surface area contributed by atoms with Crippen LogP contribution in [0.5, 0.6) is 0 Å². The lowest BCUT2D eigenvalue weighted by Gasteiger charge is -2.20. The van der Waals surface area contributed by atoms with Gasteiger partial charge in [0.1, 0.15) is 0 Å². The van der Waals surface area contributed by atoms with Crippen LogP contribution in [-0.4, -0.2) is 0 Å². The Kier molecular flexibility index (Phi) is 1.74. The van der Waals surface area contributed by atoms with Gasteiger partial charge in [-0.15, -0.1) is 0 Å². The number of hydrogen-bond donors (Lipinski definition) is 0. The molecular formula is C11H20. The lowest BCUT2D eigenvalue weighted by Crippen LogP contribution is -2.14. The van der Waals surface area contributed by atoms with Crippen molar-refractivity contribution in [2.75, 3.05) is 0 Å². The summed E-state index contributed by atoms with van der Waals surface area (Å²) >= 11 is 0. The first-order valence-electron chi connectivity index (χ1n) is 5.20. The first kappa shape index (κ1) is 7.64. The first-order chi connectivity index (χ1) is 5.20. The second-order valence-corrected chi connectivity index (χ2v) is 5.04. The molecule has 2 saturated carbocycles. The number of hydrogen-bond acceptors (Lipinski definition) is 0. The van der Waals surface area contributed by atoms with Crippen molar-refractivity contribution in [3.63, 3.8) is 0 Å². The summed E-state index contributed by atoms with van der Waals surface area (Å²) in [5.74, 6) is 5.33. The largest absolute Gasteiger partial charge is 0.0625 e. The second-order valence-electron chi connectivity index (χ2n) is 5.04. The molecule has 3 unspecified atom stereocenters. The summed E-state index contributed by atoms with van der Waals surface area (Å²) < 4.78 is 0. The summed E-state index contributed by atoms with van der Waals surface area (Å²) in [6.07, 6.45) is 4.59. The summed E-state index contributed by atoms with van der Waals surface area (Å²) in [6.45, 7) is 7.24. The lowest BCUT2D eigenvalue weighted by atomic mass is 9.86. The fraction of sp³-hybridized carbons (Fsp3) is 1.00. The minimum atomic E-state index is 0.942. The van der Waals surface area contributed by atoms with Gasteiger partial charge in [-0.25, -0.2) is 0 Å². The third-order valence-corrected chi connectivity index (χ3v) is 3.60. The highest BCUT2D eigenvalue weighted by atomic mass is 14.5. The average Bonchev–Trinajstić information content (AvgIpc) is 2.72. The highest BCUT2D eigenvalue weighted by molar-refractivity contribution is 4.96. The van der Waals surface area contributed by atoms with Crippen molar-refractivity contribution in [3.8, 4) is 0 Å². The monoisotopic (exact) mass is 152 g/mol. The topological polar surface area (TPSA) is 0 Å². The van der Waals surface area contributed by atoms with Crippen LogP contribution in [-0.2, 0) is 0 Å². The summed E-state index contributed by atoms with van der Waals surface area (Å²) in [5.41, 5.74) is 0. The Balaban J connectivity index is 1.93. The van der Waals surface area contributed by atoms with E-state index >= 15 is 0 Å². The summed E-state index contributed by atoms with van der Waals surface area (Å²) in [7, 11) is 0. The molecule has 2 aliphatic rings. The predicted octanol–water partition coefficient (Wildman–Crippen LogP) is 3.32. The first-order valence-corrected chi connectivity index (χ1v) is 5.20. The summed E-state index contributed by atoms with van der Waals surface area (Å²) in [4.78, 5) is 0. The molecule has 0 radical (unpaired) electrons. The van der Waals surface area contributed by atoms with Crippen LogP contribution in [0.25, 0.3) is 0 Å². The molecule has 0 spiro atoms. The molecule has 0 aliphatic heterocycles. The molecule has 0 bridgehead atoms. The van der Waals surface area contributed by atoms with Gasteiger partial charge >= 0.3 is 0 Å². The van der Waals surface area contributed by atoms with Crippen molar-refractivity contribution in [3.05, 3.63) is 0 Å². The van der Waals surface area contributed by atoms with E-state index in [1.807, 2.05) is 0 Å². The quantitative estimate of drug-likeness (QED) is 0.582. The molecule has 3 atom stereocenters. The lowest BCUT2D eigenvalue weighted by molar-refractivity contribution is 0.287. The predicted molar refractivity (Wildman–Crippen MR) is 48.3 cm³/mol. The van der Waals surface area contributed by atoms with Crippen LogP contribution in [0.4, 0.5) is 0 Å². The zero-order valence-electron chi connectivity index (χ0n) is 8.01. The molecule has 0 aromatic carbocycles. The van der Waals surface area contributed by atoms with Crippen LogP contribution >= 0.6 is 0 Å². The van der Waals surface area contributed by atoms with Crippen molar-refractivity contribution < 1.29 is 0 Å². The fourth-order valence-electron chi connectivity index (χ4n) is 2.76. The molecule has 2 aliphatic carbocycles. The maximum atomic E-state index is 2.42. The third kappa shape index (κ3) is 1.45. The van der Waals surface area contributed by atoms with Crippen molar-refractivity contribution in [1.82, 2.24) is 0 Å². The average molecular weight is 152 g/mol. The highest BCUT2D eigenvalue weighted by Gasteiger charge is 2.47. The molecular weight excluding hydrogens is 132 g/mol. The third-order valence-electron chi connectivity index (χ3n) is 3.60. The number of rotatable bonds is 3. The molecule has 11 heavy (non-hydrogen) atoms. The van der Waals surface area contributed by atoms with Gasteiger partial charge < -0.3 is 0 Å². The Morgan fingerprint density at radius 1 is 1.18 bits per heavy atom. The molecule has 0 aromatic rings. The van der Waals surface area contributed by atoms with Gasteiger partial charge in [0.15, 0.2) is 0 Å². The minimum Gasteiger partial charge on any atom is -0.0625 e. The second kappa shape index (κ2) is 2.50. The van der Waals surface area contributed by atoms with Crippen LogP contribution in [0, 0.1) is 29.6 Å². The molecule has 2 fully saturated rings. The van der Waals surface area contributed by atoms with Crippen molar-refractivity contribution in [1.29, 1.82) is 0 Å². The minimum absolute atomic E-state index is 0.942. The normalized spacial score (nSPS) is 39.3. The van der Waals surface area contributed by atoms with E-state index < -0.39 is 0 Å². The molecule has 0 aromatic heterocycles. The molecule has 0 nitrogen and oxygen atoms in total. The van der Waals surface area contributed by atoms with Crippen LogP contribution < -0.4 is 0 Å². The Morgan fingerprint density at radius 2 is 1.73 bits per heavy atom. The van der Waals surface area contributed by atoms with Crippen LogP contribution in [0.3, 0.4) is 0 Å². The van der Waals surface area contributed by atoms with Crippen molar-refractivity contribution in [2.45, 2.75) is 40.0 Å². The maximum absolute atomic E-state index is 2.42. The summed E-state index contributed by atoms with van der Waals surface area (Å²) in [6, 6.07) is 0. The van der Waals surface area contributed by atoms with Crippen LogP contribution in [0.1, 0.15) is 40.0 Å². The van der Waals surface area contributed by atoms with E-state index in [4.69, 9.17) is 0 Å². The molecule has 0 saturated heterocycles. The Morgan fingerprint density at radius 3 is 2.00 bits per heavy atom. The smallest absolute Gasteiger partial charge is 0.0332 e. The fourth-order valence-corrected chi connectivity index (χ4v) is 2.76. The van der Waals surface area contributed by atoms with Gasteiger partial charge in [0.05, 0.1) is 0 Å². The van der Waals surface area contributed by atoms with Gasteiger partial charge in [-0.3, -0.25) is 0 Å². The zero-order chi connectivity index (χ0) is 8.01. The Hall–Kier alpha value is 0. The Labute approximate surface area is 70.4 Å². The van der Waals surface area contributed by atoms with Crippen LogP contribution in [0.2, 0.25) is 0 Å². The van der Waals surface area contributed by atoms with Gasteiger partial charge in [-0.05, 0) is 48.9 Å². The summed E-state index contributed by atoms with van der Waals surface area (Å²) in [5, 5.41) is 0. The van der Waals surface area contributed by atoms with Gasteiger partial charge in [0, 0.05) is 0 Å². The van der Waals surface area contributed by atoms with E-state index in [-0.39, 0.29) is 0 Å². The van der Waals surface area contributed by atoms with E-state index in [0.29, 0.717) is 0 Å². The maximum Gasteiger partial charge on any atom is -0.0332 e. The molecule has 2 rings (SSSR count). The van der Waals surface area contributed by atoms with E-state index in [0.717, 1.165) is 29.6 Å². The molecule has 0 heterocycles. The van der Waals surface area contributed by atoms with Crippen LogP contribution in [0.15, 0.2) is 0 Å². The van der Waals surface area contributed by atoms with E-state index in [9.17, 15) is 0 Å². The van der Waals surface area contributed by atoms with Gasteiger partial charge in [-0.1, -0.05) is 20.8 Å². The molecule has 64 valence electrons. The molecule has 0 heteroatoms. The molecule has 0 N–H and O–H groups in total. The standard InChI is InChI=1S/C11H20/c1-7(2)11(9-4-5-9)10-6-8(10)3/h7-11H,4-6H2,1-3H3. The zero-order valence-corrected chi connectivity index (χ0v) is 8.01. The van der Waals surface area contributed by atoms with E-state index in [1.54, 1.807) is 0 Å². The molecule has 0 amide bonds. The van der Waals surface area contributed by atoms with Crippen molar-refractivity contribution >= 4 is 0 Å². The van der Waals surface area contributed by atoms with Gasteiger partial charge in [0.25, 0.3) is 0 Å². The SMILES string of the molecule is CC(C)C(C1CC1)C1CC1C. The van der Waals surface area contributed by atoms with Crippen molar-refractivity contribution in [2.24, 2.45) is 29.6 Å². The van der Waals surface area contributed by atoms with Gasteiger partial charge in [0.2, 0.25) is 0 Å². The van der Waals surface area contributed by atoms with E-state index in [1.165, 1.54) is 19.3 Å². The van der Waals surface area contributed by atoms with E-state index in [2.05, 4.69) is 20.8 Å². The van der Waals surface area contributed by atoms with Gasteiger partial charge in [-0.2, -0.15) is 0 Å². The Bertz CT molecular complexity index is 142. The highest BCUT2D eigenvalue weighted by Crippen LogP contribution is 2.55.